The maximum Gasteiger partial charge on any atom is 0.221 e. The number of ether oxygens (including phenoxy) is 4. The maximum atomic E-state index is 13.8. The van der Waals surface area contributed by atoms with E-state index in [2.05, 4.69) is 19.2 Å². The normalized spacial score (nSPS) is 32.7. The zero-order chi connectivity index (χ0) is 33.9. The Kier molecular flexibility index (Phi) is 15.7. The van der Waals surface area contributed by atoms with Crippen LogP contribution in [0.4, 0.5) is 0 Å². The number of nitrogens with one attached hydrogen (secondary N) is 1. The summed E-state index contributed by atoms with van der Waals surface area (Å²) in [4.78, 5) is 13.8. The third-order valence-corrected chi connectivity index (χ3v) is 8.89. The fourth-order valence-corrected chi connectivity index (χ4v) is 6.06. The van der Waals surface area contributed by atoms with Gasteiger partial charge in [-0.2, -0.15) is 0 Å². The molecular formula is C32H53NO13. The standard InChI is InChI=1S/C32H53NO13/c1-3-5-12-32(13-6-4-2,19-10-8-7-9-11-19)14-23(36)33-20(17-43-30-28(41)26(39)24(37)21(15-34)45-30)18-44-31-29(42)27(40)25(38)22(16-35)46-31/h7-11,20-22,24-31,34-35,37-42H,3-6,12-18H2,1-2H3,(H,33,36)/t20?,21?,22?,24-,25-,26?,27?,28?,29?,30-,31-/m0/s1. The molecule has 0 radical (unpaired) electrons. The van der Waals surface area contributed by atoms with Gasteiger partial charge in [0.15, 0.2) is 12.6 Å². The number of carbonyl (C=O) groups is 1. The number of aliphatic hydroxyl groups excluding tert-OH is 8. The zero-order valence-corrected chi connectivity index (χ0v) is 26.6. The van der Waals surface area contributed by atoms with Gasteiger partial charge in [0.25, 0.3) is 0 Å². The molecule has 10 atom stereocenters. The van der Waals surface area contributed by atoms with Gasteiger partial charge in [-0.15, -0.1) is 0 Å². The highest BCUT2D eigenvalue weighted by Gasteiger charge is 2.46. The number of rotatable bonds is 18. The lowest BCUT2D eigenvalue weighted by atomic mass is 9.70. The highest BCUT2D eigenvalue weighted by molar-refractivity contribution is 5.78. The van der Waals surface area contributed by atoms with Crippen LogP contribution in [-0.4, -0.2) is 141 Å². The minimum Gasteiger partial charge on any atom is -0.394 e. The average molecular weight is 660 g/mol. The molecule has 0 bridgehead atoms. The molecule has 2 aliphatic rings. The highest BCUT2D eigenvalue weighted by atomic mass is 16.7. The Bertz CT molecular complexity index is 967. The second kappa shape index (κ2) is 18.7. The van der Waals surface area contributed by atoms with Crippen LogP contribution in [0.25, 0.3) is 0 Å². The van der Waals surface area contributed by atoms with Crippen molar-refractivity contribution in [3.05, 3.63) is 35.9 Å². The average Bonchev–Trinajstić information content (AvgIpc) is 3.06. The number of unbranched alkanes of at least 4 members (excludes halogenated alkanes) is 2. The fraction of sp³-hybridized carbons (Fsp3) is 0.781. The molecule has 14 nitrogen and oxygen atoms in total. The monoisotopic (exact) mass is 659 g/mol. The minimum absolute atomic E-state index is 0.146. The summed E-state index contributed by atoms with van der Waals surface area (Å²) in [5.74, 6) is -0.323. The summed E-state index contributed by atoms with van der Waals surface area (Å²) in [7, 11) is 0. The van der Waals surface area contributed by atoms with E-state index in [1.165, 1.54) is 0 Å². The van der Waals surface area contributed by atoms with Gasteiger partial charge in [0.1, 0.15) is 48.8 Å². The Balaban J connectivity index is 1.80. The Morgan fingerprint density at radius 3 is 1.63 bits per heavy atom. The van der Waals surface area contributed by atoms with Crippen LogP contribution >= 0.6 is 0 Å². The summed E-state index contributed by atoms with van der Waals surface area (Å²) in [5, 5.41) is 83.5. The largest absolute Gasteiger partial charge is 0.394 e. The summed E-state index contributed by atoms with van der Waals surface area (Å²) < 4.78 is 22.3. The minimum atomic E-state index is -1.67. The van der Waals surface area contributed by atoms with Gasteiger partial charge in [0, 0.05) is 11.8 Å². The molecular weight excluding hydrogens is 606 g/mol. The van der Waals surface area contributed by atoms with E-state index in [1.54, 1.807) is 0 Å². The third kappa shape index (κ3) is 9.87. The Hall–Kier alpha value is -1.79. The van der Waals surface area contributed by atoms with Crippen molar-refractivity contribution in [2.75, 3.05) is 26.4 Å². The molecule has 2 saturated heterocycles. The molecule has 2 aliphatic heterocycles. The molecule has 46 heavy (non-hydrogen) atoms. The van der Waals surface area contributed by atoms with Crippen molar-refractivity contribution in [1.82, 2.24) is 5.32 Å². The third-order valence-electron chi connectivity index (χ3n) is 8.89. The van der Waals surface area contributed by atoms with Crippen molar-refractivity contribution in [1.29, 1.82) is 0 Å². The summed E-state index contributed by atoms with van der Waals surface area (Å²) in [6, 6.07) is 8.94. The first-order valence-electron chi connectivity index (χ1n) is 16.2. The van der Waals surface area contributed by atoms with E-state index in [9.17, 15) is 45.6 Å². The first-order chi connectivity index (χ1) is 22.0. The van der Waals surface area contributed by atoms with Crippen molar-refractivity contribution < 1.29 is 64.6 Å². The molecule has 2 heterocycles. The van der Waals surface area contributed by atoms with Crippen LogP contribution in [0.5, 0.6) is 0 Å². The maximum absolute atomic E-state index is 13.8. The number of hydrogen-bond acceptors (Lipinski definition) is 13. The molecule has 1 amide bonds. The van der Waals surface area contributed by atoms with Gasteiger partial charge in [-0.05, 0) is 18.4 Å². The summed E-state index contributed by atoms with van der Waals surface area (Å²) in [6.07, 6.45) is -9.75. The zero-order valence-electron chi connectivity index (χ0n) is 26.6. The topological polar surface area (TPSA) is 228 Å². The van der Waals surface area contributed by atoms with Crippen LogP contribution in [-0.2, 0) is 29.2 Å². The van der Waals surface area contributed by atoms with Gasteiger partial charge >= 0.3 is 0 Å². The molecule has 0 spiro atoms. The van der Waals surface area contributed by atoms with Gasteiger partial charge in [0.2, 0.25) is 5.91 Å². The molecule has 6 unspecified atom stereocenters. The van der Waals surface area contributed by atoms with Gasteiger partial charge in [-0.1, -0.05) is 69.9 Å². The van der Waals surface area contributed by atoms with E-state index in [0.717, 1.165) is 44.1 Å². The lowest BCUT2D eigenvalue weighted by molar-refractivity contribution is -0.309. The molecule has 9 N–H and O–H groups in total. The second-order valence-electron chi connectivity index (χ2n) is 12.4. The smallest absolute Gasteiger partial charge is 0.221 e. The van der Waals surface area contributed by atoms with Crippen LogP contribution in [0.15, 0.2) is 30.3 Å². The van der Waals surface area contributed by atoms with Gasteiger partial charge < -0.3 is 65.1 Å². The van der Waals surface area contributed by atoms with Gasteiger partial charge in [0.05, 0.1) is 32.5 Å². The van der Waals surface area contributed by atoms with Crippen molar-refractivity contribution in [3.8, 4) is 0 Å². The van der Waals surface area contributed by atoms with Crippen molar-refractivity contribution in [3.63, 3.8) is 0 Å². The van der Waals surface area contributed by atoms with Gasteiger partial charge in [-0.25, -0.2) is 0 Å². The van der Waals surface area contributed by atoms with Crippen LogP contribution in [0.1, 0.15) is 64.4 Å². The van der Waals surface area contributed by atoms with Crippen LogP contribution in [0.2, 0.25) is 0 Å². The van der Waals surface area contributed by atoms with E-state index >= 15 is 0 Å². The second-order valence-corrected chi connectivity index (χ2v) is 12.4. The van der Waals surface area contributed by atoms with Gasteiger partial charge in [-0.3, -0.25) is 4.79 Å². The predicted molar refractivity (Wildman–Crippen MR) is 163 cm³/mol. The summed E-state index contributed by atoms with van der Waals surface area (Å²) in [5.41, 5.74) is 0.608. The fourth-order valence-electron chi connectivity index (χ4n) is 6.06. The number of carbonyl (C=O) groups excluding carboxylic acids is 1. The van der Waals surface area contributed by atoms with Crippen LogP contribution in [0.3, 0.4) is 0 Å². The predicted octanol–water partition coefficient (Wildman–Crippen LogP) is -1.19. The number of amides is 1. The van der Waals surface area contributed by atoms with E-state index in [0.29, 0.717) is 0 Å². The molecule has 1 aromatic carbocycles. The van der Waals surface area contributed by atoms with Crippen LogP contribution in [0, 0.1) is 0 Å². The first-order valence-corrected chi connectivity index (χ1v) is 16.2. The molecule has 264 valence electrons. The lowest BCUT2D eigenvalue weighted by Crippen LogP contribution is -2.60. The quantitative estimate of drug-likeness (QED) is 0.0905. The number of benzene rings is 1. The molecule has 3 rings (SSSR count). The van der Waals surface area contributed by atoms with Crippen LogP contribution < -0.4 is 5.32 Å². The van der Waals surface area contributed by atoms with E-state index < -0.39 is 86.1 Å². The Labute approximate surface area is 269 Å². The number of hydrogen-bond donors (Lipinski definition) is 9. The summed E-state index contributed by atoms with van der Waals surface area (Å²) in [6.45, 7) is 2.21. The number of aliphatic hydroxyl groups is 8. The molecule has 0 aromatic heterocycles. The molecule has 0 saturated carbocycles. The van der Waals surface area contributed by atoms with Crippen molar-refractivity contribution >= 4 is 5.91 Å². The SMILES string of the molecule is CCCCC(CCCC)(CC(=O)NC(CO[C@H]1OC(CO)[C@H](O)C(O)C1O)CO[C@H]1OC(CO)[C@H](O)C(O)C1O)c1ccccc1. The summed E-state index contributed by atoms with van der Waals surface area (Å²) >= 11 is 0. The van der Waals surface area contributed by atoms with Crippen molar-refractivity contribution in [2.45, 2.75) is 132 Å². The molecule has 0 aliphatic carbocycles. The van der Waals surface area contributed by atoms with E-state index in [-0.39, 0.29) is 25.5 Å². The highest BCUT2D eigenvalue weighted by Crippen LogP contribution is 2.39. The Morgan fingerprint density at radius 1 is 0.761 bits per heavy atom. The van der Waals surface area contributed by atoms with E-state index in [1.807, 2.05) is 30.3 Å². The molecule has 2 fully saturated rings. The first kappa shape index (κ1) is 38.7. The molecule has 14 heteroatoms. The molecule has 1 aromatic rings. The van der Waals surface area contributed by atoms with E-state index in [4.69, 9.17) is 18.9 Å². The van der Waals surface area contributed by atoms with Crippen molar-refractivity contribution in [2.24, 2.45) is 0 Å². The Morgan fingerprint density at radius 2 is 1.22 bits per heavy atom. The lowest BCUT2D eigenvalue weighted by Gasteiger charge is -2.41.